The van der Waals surface area contributed by atoms with Gasteiger partial charge in [0, 0.05) is 5.31 Å². The van der Waals surface area contributed by atoms with Crippen molar-refractivity contribution in [2.45, 2.75) is 78.6 Å². The Bertz CT molecular complexity index is 291. The highest BCUT2D eigenvalue weighted by atomic mass is 31.2. The van der Waals surface area contributed by atoms with E-state index >= 15 is 0 Å². The summed E-state index contributed by atoms with van der Waals surface area (Å²) in [5, 5.41) is 0.255. The molecule has 0 aliphatic rings. The maximum Gasteiger partial charge on any atom is 0.351 e. The van der Waals surface area contributed by atoms with E-state index in [0.29, 0.717) is 0 Å². The molecule has 0 unspecified atom stereocenters. The van der Waals surface area contributed by atoms with Crippen molar-refractivity contribution >= 4 is 7.60 Å². The van der Waals surface area contributed by atoms with Gasteiger partial charge in [0.2, 0.25) is 0 Å². The van der Waals surface area contributed by atoms with Crippen LogP contribution >= 0.6 is 7.60 Å². The Morgan fingerprint density at radius 2 is 1.33 bits per heavy atom. The molecule has 0 heterocycles. The fraction of sp³-hybridized carbons (Fsp3) is 0.857. The zero-order valence-corrected chi connectivity index (χ0v) is 13.0. The summed E-state index contributed by atoms with van der Waals surface area (Å²) in [5.74, 6) is 0. The SMILES string of the molecule is CCCCCCCCCCC(C)=C(C)P(=O)(O)O. The number of rotatable bonds is 10. The topological polar surface area (TPSA) is 57.5 Å². The molecule has 0 saturated carbocycles. The molecule has 3 nitrogen and oxygen atoms in total. The minimum Gasteiger partial charge on any atom is -0.321 e. The lowest BCUT2D eigenvalue weighted by atomic mass is 10.0. The van der Waals surface area contributed by atoms with E-state index in [-0.39, 0.29) is 5.31 Å². The number of hydrogen-bond donors (Lipinski definition) is 2. The van der Waals surface area contributed by atoms with E-state index < -0.39 is 7.60 Å². The molecule has 108 valence electrons. The second-order valence-corrected chi connectivity index (χ2v) is 6.89. The summed E-state index contributed by atoms with van der Waals surface area (Å²) in [6.07, 6.45) is 10.8. The van der Waals surface area contributed by atoms with Crippen LogP contribution in [0.5, 0.6) is 0 Å². The van der Waals surface area contributed by atoms with Gasteiger partial charge in [-0.15, -0.1) is 0 Å². The lowest BCUT2D eigenvalue weighted by Crippen LogP contribution is -1.88. The van der Waals surface area contributed by atoms with E-state index in [4.69, 9.17) is 9.79 Å². The Balaban J connectivity index is 3.64. The van der Waals surface area contributed by atoms with Crippen molar-refractivity contribution in [3.05, 3.63) is 10.9 Å². The molecule has 0 aromatic heterocycles. The molecule has 0 radical (unpaired) electrons. The first-order valence-electron chi connectivity index (χ1n) is 7.12. The molecule has 0 amide bonds. The zero-order chi connectivity index (χ0) is 14.0. The van der Waals surface area contributed by atoms with Crippen LogP contribution in [0.15, 0.2) is 10.9 Å². The Morgan fingerprint density at radius 3 is 1.78 bits per heavy atom. The van der Waals surface area contributed by atoms with Gasteiger partial charge in [-0.25, -0.2) is 0 Å². The normalized spacial score (nSPS) is 13.6. The van der Waals surface area contributed by atoms with E-state index in [1.807, 2.05) is 6.92 Å². The monoisotopic (exact) mass is 276 g/mol. The van der Waals surface area contributed by atoms with Gasteiger partial charge in [0.15, 0.2) is 0 Å². The van der Waals surface area contributed by atoms with E-state index in [1.165, 1.54) is 38.5 Å². The third-order valence-electron chi connectivity index (χ3n) is 3.46. The molecule has 0 rings (SSSR count). The fourth-order valence-corrected chi connectivity index (χ4v) is 2.56. The summed E-state index contributed by atoms with van der Waals surface area (Å²) in [4.78, 5) is 18.1. The van der Waals surface area contributed by atoms with Crippen LogP contribution in [0, 0.1) is 0 Å². The van der Waals surface area contributed by atoms with Crippen molar-refractivity contribution in [2.24, 2.45) is 0 Å². The number of unbranched alkanes of at least 4 members (excludes halogenated alkanes) is 7. The third kappa shape index (κ3) is 8.91. The standard InChI is InChI=1S/C14H29O3P/c1-4-5-6-7-8-9-10-11-12-13(2)14(3)18(15,16)17/h4-12H2,1-3H3,(H2,15,16,17). The van der Waals surface area contributed by atoms with Gasteiger partial charge >= 0.3 is 7.60 Å². The van der Waals surface area contributed by atoms with E-state index in [2.05, 4.69) is 6.92 Å². The molecule has 0 aromatic rings. The molecule has 0 aromatic carbocycles. The third-order valence-corrected chi connectivity index (χ3v) is 4.72. The summed E-state index contributed by atoms with van der Waals surface area (Å²) in [7, 11) is -4.01. The largest absolute Gasteiger partial charge is 0.351 e. The van der Waals surface area contributed by atoms with Gasteiger partial charge in [0.1, 0.15) is 0 Å². The van der Waals surface area contributed by atoms with Gasteiger partial charge in [-0.05, 0) is 26.7 Å². The van der Waals surface area contributed by atoms with Crippen LogP contribution in [0.25, 0.3) is 0 Å². The van der Waals surface area contributed by atoms with Gasteiger partial charge in [0.05, 0.1) is 0 Å². The van der Waals surface area contributed by atoms with Crippen LogP contribution in [0.3, 0.4) is 0 Å². The average Bonchev–Trinajstić information content (AvgIpc) is 2.30. The molecule has 18 heavy (non-hydrogen) atoms. The van der Waals surface area contributed by atoms with Crippen LogP contribution in [0.2, 0.25) is 0 Å². The molecule has 0 fully saturated rings. The van der Waals surface area contributed by atoms with Gasteiger partial charge in [-0.2, -0.15) is 0 Å². The van der Waals surface area contributed by atoms with Gasteiger partial charge < -0.3 is 9.79 Å². The molecule has 2 N–H and O–H groups in total. The molecule has 0 bridgehead atoms. The Morgan fingerprint density at radius 1 is 0.889 bits per heavy atom. The second-order valence-electron chi connectivity index (χ2n) is 5.13. The van der Waals surface area contributed by atoms with E-state index in [9.17, 15) is 4.57 Å². The summed E-state index contributed by atoms with van der Waals surface area (Å²) >= 11 is 0. The quantitative estimate of drug-likeness (QED) is 0.436. The Labute approximate surface area is 112 Å². The minimum absolute atomic E-state index is 0.255. The highest BCUT2D eigenvalue weighted by Crippen LogP contribution is 2.46. The first kappa shape index (κ1) is 17.9. The van der Waals surface area contributed by atoms with E-state index in [1.54, 1.807) is 6.92 Å². The first-order chi connectivity index (χ1) is 8.39. The van der Waals surface area contributed by atoms with Gasteiger partial charge in [-0.3, -0.25) is 4.57 Å². The van der Waals surface area contributed by atoms with E-state index in [0.717, 1.165) is 24.8 Å². The zero-order valence-electron chi connectivity index (χ0n) is 12.1. The van der Waals surface area contributed by atoms with Crippen LogP contribution in [0.4, 0.5) is 0 Å². The summed E-state index contributed by atoms with van der Waals surface area (Å²) in [5.41, 5.74) is 0.856. The first-order valence-corrected chi connectivity index (χ1v) is 8.73. The molecule has 0 saturated heterocycles. The smallest absolute Gasteiger partial charge is 0.321 e. The van der Waals surface area contributed by atoms with Crippen LogP contribution < -0.4 is 0 Å². The van der Waals surface area contributed by atoms with Crippen molar-refractivity contribution in [1.29, 1.82) is 0 Å². The van der Waals surface area contributed by atoms with Crippen LogP contribution in [0.1, 0.15) is 78.6 Å². The minimum atomic E-state index is -4.01. The molecule has 0 aliphatic heterocycles. The van der Waals surface area contributed by atoms with Gasteiger partial charge in [-0.1, -0.05) is 57.4 Å². The summed E-state index contributed by atoms with van der Waals surface area (Å²) in [6, 6.07) is 0. The van der Waals surface area contributed by atoms with Crippen molar-refractivity contribution in [1.82, 2.24) is 0 Å². The number of hydrogen-bond acceptors (Lipinski definition) is 1. The molecule has 0 atom stereocenters. The fourth-order valence-electron chi connectivity index (χ4n) is 1.95. The molecular formula is C14H29O3P. The predicted molar refractivity (Wildman–Crippen MR) is 77.6 cm³/mol. The highest BCUT2D eigenvalue weighted by Gasteiger charge is 2.17. The molecular weight excluding hydrogens is 247 g/mol. The highest BCUT2D eigenvalue weighted by molar-refractivity contribution is 7.56. The van der Waals surface area contributed by atoms with Crippen molar-refractivity contribution in [2.75, 3.05) is 0 Å². The summed E-state index contributed by atoms with van der Waals surface area (Å²) < 4.78 is 11.0. The lowest BCUT2D eigenvalue weighted by molar-refractivity contribution is 0.381. The van der Waals surface area contributed by atoms with Crippen molar-refractivity contribution in [3.63, 3.8) is 0 Å². The maximum atomic E-state index is 11.0. The average molecular weight is 276 g/mol. The predicted octanol–water partition coefficient (Wildman–Crippen LogP) is 4.99. The Hall–Kier alpha value is -0.110. The Kier molecular flexibility index (Phi) is 9.71. The van der Waals surface area contributed by atoms with Crippen LogP contribution in [-0.2, 0) is 4.57 Å². The second kappa shape index (κ2) is 9.77. The lowest BCUT2D eigenvalue weighted by Gasteiger charge is -2.09. The number of allylic oxidation sites excluding steroid dienone is 2. The molecule has 0 aliphatic carbocycles. The molecule has 0 spiro atoms. The molecule has 4 heteroatoms. The maximum absolute atomic E-state index is 11.0. The van der Waals surface area contributed by atoms with Crippen molar-refractivity contribution < 1.29 is 14.4 Å². The summed E-state index contributed by atoms with van der Waals surface area (Å²) in [6.45, 7) is 5.59. The van der Waals surface area contributed by atoms with Crippen molar-refractivity contribution in [3.8, 4) is 0 Å². The van der Waals surface area contributed by atoms with Crippen LogP contribution in [-0.4, -0.2) is 9.79 Å². The van der Waals surface area contributed by atoms with Gasteiger partial charge in [0.25, 0.3) is 0 Å².